The van der Waals surface area contributed by atoms with Crippen LogP contribution in [0.3, 0.4) is 0 Å². The van der Waals surface area contributed by atoms with Gasteiger partial charge in [-0.2, -0.15) is 0 Å². The fourth-order valence-electron chi connectivity index (χ4n) is 1.79. The van der Waals surface area contributed by atoms with E-state index in [4.69, 9.17) is 0 Å². The summed E-state index contributed by atoms with van der Waals surface area (Å²) in [6, 6.07) is 9.53. The lowest BCUT2D eigenvalue weighted by atomic mass is 10.2. The van der Waals surface area contributed by atoms with Gasteiger partial charge in [0.25, 0.3) is 0 Å². The molecular weight excluding hydrogens is 318 g/mol. The van der Waals surface area contributed by atoms with Gasteiger partial charge in [0.05, 0.1) is 17.9 Å². The summed E-state index contributed by atoms with van der Waals surface area (Å²) in [5.74, 6) is -0.158. The highest BCUT2D eigenvalue weighted by molar-refractivity contribution is 8.00. The molecule has 0 spiro atoms. The third-order valence-electron chi connectivity index (χ3n) is 2.96. The Bertz CT molecular complexity index is 694. The van der Waals surface area contributed by atoms with Crippen molar-refractivity contribution in [2.45, 2.75) is 18.7 Å². The zero-order valence-electron chi connectivity index (χ0n) is 12.6. The molecule has 1 heterocycles. The van der Waals surface area contributed by atoms with Crippen molar-refractivity contribution in [2.75, 3.05) is 18.2 Å². The second-order valence-electron chi connectivity index (χ2n) is 4.76. The van der Waals surface area contributed by atoms with E-state index in [0.29, 0.717) is 15.6 Å². The van der Waals surface area contributed by atoms with Crippen molar-refractivity contribution in [3.8, 4) is 0 Å². The second kappa shape index (κ2) is 7.47. The molecule has 0 saturated carbocycles. The standard InChI is InChI=1S/C16H17NO3S2/c1-10-4-5-11(2)13(8-10)21-9-14(18)17-15-7-6-12(22-15)16(19)20-3/h4-8H,9H2,1-3H3,(H,17,18). The minimum atomic E-state index is -0.393. The fraction of sp³-hybridized carbons (Fsp3) is 0.250. The van der Waals surface area contributed by atoms with E-state index >= 15 is 0 Å². The maximum absolute atomic E-state index is 12.0. The molecule has 0 aliphatic carbocycles. The van der Waals surface area contributed by atoms with E-state index in [1.807, 2.05) is 13.8 Å². The van der Waals surface area contributed by atoms with Crippen LogP contribution in [0.1, 0.15) is 20.8 Å². The van der Waals surface area contributed by atoms with Crippen molar-refractivity contribution >= 4 is 40.0 Å². The van der Waals surface area contributed by atoms with Crippen LogP contribution in [0.15, 0.2) is 35.2 Å². The number of hydrogen-bond donors (Lipinski definition) is 1. The van der Waals surface area contributed by atoms with Gasteiger partial charge in [0, 0.05) is 4.90 Å². The molecule has 0 aliphatic heterocycles. The molecule has 0 radical (unpaired) electrons. The number of carbonyl (C=O) groups excluding carboxylic acids is 2. The molecule has 0 fully saturated rings. The van der Waals surface area contributed by atoms with E-state index in [9.17, 15) is 9.59 Å². The molecule has 2 rings (SSSR count). The minimum Gasteiger partial charge on any atom is -0.465 e. The number of anilines is 1. The lowest BCUT2D eigenvalue weighted by Crippen LogP contribution is -2.13. The first-order valence-corrected chi connectivity index (χ1v) is 8.48. The predicted octanol–water partition coefficient (Wildman–Crippen LogP) is 3.88. The number of methoxy groups -OCH3 is 1. The maximum Gasteiger partial charge on any atom is 0.348 e. The first kappa shape index (κ1) is 16.6. The Hall–Kier alpha value is -1.79. The van der Waals surface area contributed by atoms with Crippen LogP contribution in [0.4, 0.5) is 5.00 Å². The number of esters is 1. The molecule has 22 heavy (non-hydrogen) atoms. The molecule has 4 nitrogen and oxygen atoms in total. The van der Waals surface area contributed by atoms with Crippen LogP contribution in [0.5, 0.6) is 0 Å². The molecule has 0 atom stereocenters. The average molecular weight is 335 g/mol. The Kier molecular flexibility index (Phi) is 5.63. The number of amides is 1. The lowest BCUT2D eigenvalue weighted by molar-refractivity contribution is -0.113. The van der Waals surface area contributed by atoms with Gasteiger partial charge in [-0.25, -0.2) is 4.79 Å². The third kappa shape index (κ3) is 4.35. The zero-order chi connectivity index (χ0) is 16.1. The highest BCUT2D eigenvalue weighted by Crippen LogP contribution is 2.25. The quantitative estimate of drug-likeness (QED) is 0.665. The van der Waals surface area contributed by atoms with Crippen LogP contribution in [-0.2, 0) is 9.53 Å². The van der Waals surface area contributed by atoms with Crippen molar-refractivity contribution in [3.05, 3.63) is 46.3 Å². The van der Waals surface area contributed by atoms with E-state index < -0.39 is 5.97 Å². The first-order chi connectivity index (χ1) is 10.5. The number of ether oxygens (including phenoxy) is 1. The molecule has 6 heteroatoms. The topological polar surface area (TPSA) is 55.4 Å². The highest BCUT2D eigenvalue weighted by Gasteiger charge is 2.11. The van der Waals surface area contributed by atoms with Crippen molar-refractivity contribution in [1.82, 2.24) is 0 Å². The van der Waals surface area contributed by atoms with Gasteiger partial charge in [-0.3, -0.25) is 4.79 Å². The van der Waals surface area contributed by atoms with Gasteiger partial charge in [-0.1, -0.05) is 17.7 Å². The molecule has 1 aromatic heterocycles. The molecule has 0 bridgehead atoms. The fourth-order valence-corrected chi connectivity index (χ4v) is 3.56. The van der Waals surface area contributed by atoms with Gasteiger partial charge in [0.1, 0.15) is 4.88 Å². The van der Waals surface area contributed by atoms with Gasteiger partial charge < -0.3 is 10.1 Å². The van der Waals surface area contributed by atoms with E-state index in [-0.39, 0.29) is 5.91 Å². The van der Waals surface area contributed by atoms with Crippen molar-refractivity contribution < 1.29 is 14.3 Å². The summed E-state index contributed by atoms with van der Waals surface area (Å²) in [5.41, 5.74) is 2.34. The van der Waals surface area contributed by atoms with Crippen LogP contribution < -0.4 is 5.32 Å². The second-order valence-corrected chi connectivity index (χ2v) is 6.86. The predicted molar refractivity (Wildman–Crippen MR) is 90.9 cm³/mol. The Morgan fingerprint density at radius 1 is 1.23 bits per heavy atom. The number of rotatable bonds is 5. The number of thioether (sulfide) groups is 1. The summed E-state index contributed by atoms with van der Waals surface area (Å²) in [4.78, 5) is 24.9. The molecule has 1 amide bonds. The Balaban J connectivity index is 1.91. The molecule has 2 aromatic rings. The number of aryl methyl sites for hydroxylation is 2. The maximum atomic E-state index is 12.0. The molecule has 0 unspecified atom stereocenters. The highest BCUT2D eigenvalue weighted by atomic mass is 32.2. The number of carbonyl (C=O) groups is 2. The van der Waals surface area contributed by atoms with E-state index in [1.165, 1.54) is 35.8 Å². The molecular formula is C16H17NO3S2. The van der Waals surface area contributed by atoms with Crippen LogP contribution >= 0.6 is 23.1 Å². The molecule has 116 valence electrons. The zero-order valence-corrected chi connectivity index (χ0v) is 14.3. The largest absolute Gasteiger partial charge is 0.465 e. The average Bonchev–Trinajstić information content (AvgIpc) is 2.95. The van der Waals surface area contributed by atoms with Crippen LogP contribution in [-0.4, -0.2) is 24.7 Å². The van der Waals surface area contributed by atoms with Gasteiger partial charge in [0.2, 0.25) is 5.91 Å². The number of thiophene rings is 1. The molecule has 1 N–H and O–H groups in total. The van der Waals surface area contributed by atoms with Gasteiger partial charge in [-0.15, -0.1) is 23.1 Å². The van der Waals surface area contributed by atoms with Crippen LogP contribution in [0, 0.1) is 13.8 Å². The first-order valence-electron chi connectivity index (χ1n) is 6.67. The van der Waals surface area contributed by atoms with Crippen LogP contribution in [0.25, 0.3) is 0 Å². The summed E-state index contributed by atoms with van der Waals surface area (Å²) in [5, 5.41) is 3.44. The van der Waals surface area contributed by atoms with Crippen molar-refractivity contribution in [3.63, 3.8) is 0 Å². The minimum absolute atomic E-state index is 0.0934. The van der Waals surface area contributed by atoms with Gasteiger partial charge in [0.15, 0.2) is 0 Å². The summed E-state index contributed by atoms with van der Waals surface area (Å²) < 4.78 is 4.64. The van der Waals surface area contributed by atoms with Gasteiger partial charge >= 0.3 is 5.97 Å². The van der Waals surface area contributed by atoms with E-state index in [2.05, 4.69) is 28.3 Å². The summed E-state index contributed by atoms with van der Waals surface area (Å²) in [6.45, 7) is 4.06. The SMILES string of the molecule is COC(=O)c1ccc(NC(=O)CSc2cc(C)ccc2C)s1. The monoisotopic (exact) mass is 335 g/mol. The Morgan fingerprint density at radius 2 is 2.00 bits per heavy atom. The molecule has 0 saturated heterocycles. The summed E-state index contributed by atoms with van der Waals surface area (Å²) in [7, 11) is 1.33. The number of hydrogen-bond acceptors (Lipinski definition) is 5. The van der Waals surface area contributed by atoms with E-state index in [0.717, 1.165) is 10.5 Å². The Labute approximate surface area is 137 Å². The normalized spacial score (nSPS) is 10.3. The van der Waals surface area contributed by atoms with Crippen molar-refractivity contribution in [2.24, 2.45) is 0 Å². The number of benzene rings is 1. The Morgan fingerprint density at radius 3 is 2.73 bits per heavy atom. The summed E-state index contributed by atoms with van der Waals surface area (Å²) >= 11 is 2.71. The summed E-state index contributed by atoms with van der Waals surface area (Å²) in [6.07, 6.45) is 0. The third-order valence-corrected chi connectivity index (χ3v) is 5.10. The lowest BCUT2D eigenvalue weighted by Gasteiger charge is -2.06. The molecule has 0 aliphatic rings. The number of nitrogens with one attached hydrogen (secondary N) is 1. The smallest absolute Gasteiger partial charge is 0.348 e. The van der Waals surface area contributed by atoms with Crippen molar-refractivity contribution in [1.29, 1.82) is 0 Å². The molecule has 1 aromatic carbocycles. The van der Waals surface area contributed by atoms with Crippen LogP contribution in [0.2, 0.25) is 0 Å². The van der Waals surface area contributed by atoms with Gasteiger partial charge in [-0.05, 0) is 37.6 Å². The van der Waals surface area contributed by atoms with E-state index in [1.54, 1.807) is 12.1 Å².